The molecule has 0 bridgehead atoms. The van der Waals surface area contributed by atoms with Gasteiger partial charge in [0.25, 0.3) is 0 Å². The summed E-state index contributed by atoms with van der Waals surface area (Å²) in [5.74, 6) is -0.994. The van der Waals surface area contributed by atoms with E-state index in [0.29, 0.717) is 0 Å². The number of alkyl halides is 3. The molecule has 0 radical (unpaired) electrons. The molecule has 0 aliphatic rings. The number of benzene rings is 1. The highest BCUT2D eigenvalue weighted by molar-refractivity contribution is 7.86. The van der Waals surface area contributed by atoms with Crippen LogP contribution >= 0.6 is 0 Å². The Morgan fingerprint density at radius 2 is 1.94 bits per heavy atom. The molecule has 8 heteroatoms. The summed E-state index contributed by atoms with van der Waals surface area (Å²) in [7, 11) is -5.02. The summed E-state index contributed by atoms with van der Waals surface area (Å²) >= 11 is 0. The van der Waals surface area contributed by atoms with Crippen molar-refractivity contribution in [1.29, 1.82) is 0 Å². The van der Waals surface area contributed by atoms with Crippen molar-refractivity contribution in [2.75, 3.05) is 0 Å². The van der Waals surface area contributed by atoms with Crippen LogP contribution in [-0.4, -0.2) is 19.3 Å². The monoisotopic (exact) mass is 269 g/mol. The van der Waals surface area contributed by atoms with Gasteiger partial charge in [0.1, 0.15) is 15.9 Å². The molecule has 0 unspecified atom stereocenters. The van der Waals surface area contributed by atoms with Crippen LogP contribution in [0.5, 0.6) is 5.75 Å². The lowest BCUT2D eigenvalue weighted by molar-refractivity contribution is -0.275. The van der Waals surface area contributed by atoms with Crippen LogP contribution < -0.4 is 4.74 Å². The first-order chi connectivity index (χ1) is 7.65. The fraction of sp³-hybridized carbons (Fsp3) is 0.333. The van der Waals surface area contributed by atoms with Crippen molar-refractivity contribution in [3.05, 3.63) is 23.8 Å². The quantitative estimate of drug-likeness (QED) is 0.788. The molecule has 0 aliphatic heterocycles. The minimum absolute atomic E-state index is 0.0123. The highest BCUT2D eigenvalue weighted by Crippen LogP contribution is 2.32. The average Bonchev–Trinajstić information content (AvgIpc) is 2.12. The first-order valence-corrected chi connectivity index (χ1v) is 5.89. The van der Waals surface area contributed by atoms with Gasteiger partial charge in [0.05, 0.1) is 4.90 Å². The predicted molar refractivity (Wildman–Crippen MR) is 50.5 cm³/mol. The smallest absolute Gasteiger partial charge is 0.573 e. The molecule has 17 heavy (non-hydrogen) atoms. The van der Waals surface area contributed by atoms with Crippen molar-refractivity contribution < 1.29 is 30.9 Å². The van der Waals surface area contributed by atoms with E-state index >= 15 is 0 Å². The van der Waals surface area contributed by atoms with Crippen LogP contribution in [0.25, 0.3) is 0 Å². The standard InChI is InChI=1S/C9H9F3O4S/c1-2-6-4-3-5-7(16-9(10,11)12)8(6)17(13,14)15/h3-5H,2H2,1H3,(H,13,14,15)/p-1. The maximum Gasteiger partial charge on any atom is 0.573 e. The molecule has 1 aromatic carbocycles. The van der Waals surface area contributed by atoms with E-state index in [9.17, 15) is 26.1 Å². The average molecular weight is 269 g/mol. The number of halogens is 3. The van der Waals surface area contributed by atoms with Crippen LogP contribution in [-0.2, 0) is 16.5 Å². The molecule has 0 heterocycles. The summed E-state index contributed by atoms with van der Waals surface area (Å²) in [6.45, 7) is 1.52. The van der Waals surface area contributed by atoms with Crippen molar-refractivity contribution in [2.24, 2.45) is 0 Å². The van der Waals surface area contributed by atoms with E-state index < -0.39 is 27.1 Å². The SMILES string of the molecule is CCc1cccc(OC(F)(F)F)c1S(=O)(=O)[O-]. The van der Waals surface area contributed by atoms with Crippen molar-refractivity contribution in [1.82, 2.24) is 0 Å². The molecule has 0 saturated heterocycles. The van der Waals surface area contributed by atoms with Gasteiger partial charge in [-0.25, -0.2) is 8.42 Å². The molecule has 1 aromatic rings. The Labute approximate surface area is 95.8 Å². The second-order valence-electron chi connectivity index (χ2n) is 3.10. The molecule has 4 nitrogen and oxygen atoms in total. The summed E-state index contributed by atoms with van der Waals surface area (Å²) < 4.78 is 72.4. The van der Waals surface area contributed by atoms with E-state index in [1.165, 1.54) is 19.1 Å². The third-order valence-electron chi connectivity index (χ3n) is 1.92. The highest BCUT2D eigenvalue weighted by atomic mass is 32.2. The van der Waals surface area contributed by atoms with Gasteiger partial charge < -0.3 is 9.29 Å². The van der Waals surface area contributed by atoms with E-state index in [-0.39, 0.29) is 12.0 Å². The molecular formula is C9H8F3O4S-. The van der Waals surface area contributed by atoms with Gasteiger partial charge in [0, 0.05) is 0 Å². The summed E-state index contributed by atoms with van der Waals surface area (Å²) in [5, 5.41) is 0. The van der Waals surface area contributed by atoms with Gasteiger partial charge in [-0.15, -0.1) is 13.2 Å². The first-order valence-electron chi connectivity index (χ1n) is 4.48. The molecule has 96 valence electrons. The van der Waals surface area contributed by atoms with E-state index in [0.717, 1.165) is 6.07 Å². The lowest BCUT2D eigenvalue weighted by Crippen LogP contribution is -2.19. The normalized spacial score (nSPS) is 12.5. The van der Waals surface area contributed by atoms with Crippen molar-refractivity contribution >= 4 is 10.1 Å². The molecule has 0 N–H and O–H groups in total. The van der Waals surface area contributed by atoms with Crippen molar-refractivity contribution in [3.63, 3.8) is 0 Å². The van der Waals surface area contributed by atoms with Gasteiger partial charge in [0.2, 0.25) is 0 Å². The minimum Gasteiger partial charge on any atom is -0.744 e. The third-order valence-corrected chi connectivity index (χ3v) is 2.88. The van der Waals surface area contributed by atoms with Gasteiger partial charge in [-0.1, -0.05) is 19.1 Å². The van der Waals surface area contributed by atoms with E-state index in [4.69, 9.17) is 0 Å². The summed E-state index contributed by atoms with van der Waals surface area (Å²) in [6.07, 6.45) is -4.95. The zero-order valence-electron chi connectivity index (χ0n) is 8.61. The fourth-order valence-corrected chi connectivity index (χ4v) is 2.22. The summed E-state index contributed by atoms with van der Waals surface area (Å²) in [6, 6.07) is 3.24. The molecule has 0 amide bonds. The van der Waals surface area contributed by atoms with E-state index in [1.807, 2.05) is 0 Å². The maximum atomic E-state index is 12.0. The molecule has 0 fully saturated rings. The number of aryl methyl sites for hydroxylation is 1. The fourth-order valence-electron chi connectivity index (χ4n) is 1.33. The molecule has 0 aromatic heterocycles. The lowest BCUT2D eigenvalue weighted by Gasteiger charge is -2.17. The Morgan fingerprint density at radius 3 is 2.35 bits per heavy atom. The van der Waals surface area contributed by atoms with Crippen molar-refractivity contribution in [3.8, 4) is 5.75 Å². The van der Waals surface area contributed by atoms with E-state index in [2.05, 4.69) is 4.74 Å². The Balaban J connectivity index is 3.41. The van der Waals surface area contributed by atoms with Gasteiger partial charge >= 0.3 is 6.36 Å². The van der Waals surface area contributed by atoms with Gasteiger partial charge in [-0.05, 0) is 18.1 Å². The van der Waals surface area contributed by atoms with Gasteiger partial charge in [-0.2, -0.15) is 0 Å². The number of rotatable bonds is 3. The van der Waals surface area contributed by atoms with Gasteiger partial charge in [-0.3, -0.25) is 0 Å². The van der Waals surface area contributed by atoms with Crippen LogP contribution in [0.1, 0.15) is 12.5 Å². The van der Waals surface area contributed by atoms with Crippen LogP contribution in [0.3, 0.4) is 0 Å². The Hall–Kier alpha value is -1.28. The highest BCUT2D eigenvalue weighted by Gasteiger charge is 2.33. The predicted octanol–water partition coefficient (Wildman–Crippen LogP) is 2.05. The largest absolute Gasteiger partial charge is 0.744 e. The number of hydrogen-bond donors (Lipinski definition) is 0. The number of ether oxygens (including phenoxy) is 1. The molecule has 0 aliphatic carbocycles. The van der Waals surface area contributed by atoms with E-state index in [1.54, 1.807) is 0 Å². The van der Waals surface area contributed by atoms with Crippen LogP contribution in [0, 0.1) is 0 Å². The summed E-state index contributed by atoms with van der Waals surface area (Å²) in [5.41, 5.74) is -0.0123. The minimum atomic E-state index is -5.05. The zero-order valence-corrected chi connectivity index (χ0v) is 9.43. The molecule has 0 saturated carbocycles. The summed E-state index contributed by atoms with van der Waals surface area (Å²) in [4.78, 5) is -0.958. The number of hydrogen-bond acceptors (Lipinski definition) is 4. The second kappa shape index (κ2) is 4.53. The third kappa shape index (κ3) is 3.60. The Bertz CT molecular complexity index is 507. The Kier molecular flexibility index (Phi) is 3.68. The van der Waals surface area contributed by atoms with Crippen molar-refractivity contribution in [2.45, 2.75) is 24.6 Å². The topological polar surface area (TPSA) is 66.4 Å². The lowest BCUT2D eigenvalue weighted by atomic mass is 10.1. The van der Waals surface area contributed by atoms with Crippen LogP contribution in [0.15, 0.2) is 23.1 Å². The molecule has 1 rings (SSSR count). The van der Waals surface area contributed by atoms with Crippen LogP contribution in [0.2, 0.25) is 0 Å². The zero-order chi connectivity index (χ0) is 13.3. The first kappa shape index (κ1) is 13.8. The van der Waals surface area contributed by atoms with Gasteiger partial charge in [0.15, 0.2) is 0 Å². The Morgan fingerprint density at radius 1 is 1.35 bits per heavy atom. The maximum absolute atomic E-state index is 12.0. The van der Waals surface area contributed by atoms with Crippen LogP contribution in [0.4, 0.5) is 13.2 Å². The molecule has 0 atom stereocenters. The molecular weight excluding hydrogens is 261 g/mol. The molecule has 0 spiro atoms. The second-order valence-corrected chi connectivity index (χ2v) is 4.42.